The summed E-state index contributed by atoms with van der Waals surface area (Å²) in [5.41, 5.74) is 1.40. The molecule has 2 aromatic rings. The molecule has 100 valence electrons. The van der Waals surface area contributed by atoms with Crippen LogP contribution in [0.25, 0.3) is 10.2 Å². The van der Waals surface area contributed by atoms with E-state index in [-0.39, 0.29) is 5.97 Å². The second-order valence-corrected chi connectivity index (χ2v) is 6.74. The second-order valence-electron chi connectivity index (χ2n) is 4.57. The summed E-state index contributed by atoms with van der Waals surface area (Å²) in [6, 6.07) is 0. The van der Waals surface area contributed by atoms with Crippen molar-refractivity contribution < 1.29 is 9.53 Å². The number of aryl methyl sites for hydroxylation is 1. The number of aromatic nitrogens is 2. The molecule has 0 atom stereocenters. The molecule has 19 heavy (non-hydrogen) atoms. The van der Waals surface area contributed by atoms with Crippen LogP contribution in [0.4, 0.5) is 0 Å². The fourth-order valence-corrected chi connectivity index (χ4v) is 4.18. The van der Waals surface area contributed by atoms with Gasteiger partial charge in [0.15, 0.2) is 0 Å². The van der Waals surface area contributed by atoms with Gasteiger partial charge < -0.3 is 4.74 Å². The first-order valence-corrected chi connectivity index (χ1v) is 7.94. The first kappa shape index (κ1) is 12.9. The first-order chi connectivity index (χ1) is 9.20. The van der Waals surface area contributed by atoms with Crippen molar-refractivity contribution in [2.75, 3.05) is 12.9 Å². The minimum atomic E-state index is -0.225. The Hall–Kier alpha value is -1.14. The largest absolute Gasteiger partial charge is 0.468 e. The van der Waals surface area contributed by atoms with Gasteiger partial charge in [-0.3, -0.25) is 4.79 Å². The van der Waals surface area contributed by atoms with Crippen LogP contribution in [0.5, 0.6) is 0 Å². The summed E-state index contributed by atoms with van der Waals surface area (Å²) in [6.07, 6.45) is 4.08. The third-order valence-corrected chi connectivity index (χ3v) is 5.21. The summed E-state index contributed by atoms with van der Waals surface area (Å²) in [6.45, 7) is 2.15. The fraction of sp³-hybridized carbons (Fsp3) is 0.462. The van der Waals surface area contributed by atoms with Crippen molar-refractivity contribution in [3.8, 4) is 0 Å². The van der Waals surface area contributed by atoms with E-state index in [1.54, 1.807) is 17.7 Å². The molecule has 3 rings (SSSR count). The summed E-state index contributed by atoms with van der Waals surface area (Å²) in [5.74, 6) is 0.732. The lowest BCUT2D eigenvalue weighted by molar-refractivity contribution is -0.137. The number of ether oxygens (including phenoxy) is 1. The average molecular weight is 294 g/mol. The molecule has 1 aliphatic carbocycles. The predicted octanol–water partition coefficient (Wildman–Crippen LogP) is 3.14. The van der Waals surface area contributed by atoms with Crippen LogP contribution in [-0.4, -0.2) is 28.8 Å². The third-order valence-electron chi connectivity index (χ3n) is 3.22. The van der Waals surface area contributed by atoms with Gasteiger partial charge >= 0.3 is 5.97 Å². The summed E-state index contributed by atoms with van der Waals surface area (Å²) in [4.78, 5) is 22.3. The van der Waals surface area contributed by atoms with Crippen molar-refractivity contribution >= 4 is 39.3 Å². The SMILES string of the molecule is COC(=O)CSc1ncnc2sc(C)c(C3CC3)c12. The first-order valence-electron chi connectivity index (χ1n) is 6.14. The molecule has 0 bridgehead atoms. The molecular formula is C13H14N2O2S2. The van der Waals surface area contributed by atoms with Gasteiger partial charge in [-0.25, -0.2) is 9.97 Å². The van der Waals surface area contributed by atoms with Crippen molar-refractivity contribution in [1.29, 1.82) is 0 Å². The molecule has 4 nitrogen and oxygen atoms in total. The number of carbonyl (C=O) groups excluding carboxylic acids is 1. The number of nitrogens with zero attached hydrogens (tertiary/aromatic N) is 2. The van der Waals surface area contributed by atoms with Gasteiger partial charge in [-0.15, -0.1) is 11.3 Å². The van der Waals surface area contributed by atoms with E-state index >= 15 is 0 Å². The second kappa shape index (κ2) is 5.09. The molecule has 2 heterocycles. The molecule has 2 aromatic heterocycles. The molecule has 0 aromatic carbocycles. The Morgan fingerprint density at radius 2 is 2.32 bits per heavy atom. The third kappa shape index (κ3) is 2.47. The Kier molecular flexibility index (Phi) is 3.45. The quantitative estimate of drug-likeness (QED) is 0.492. The molecule has 0 saturated heterocycles. The molecule has 1 fully saturated rings. The topological polar surface area (TPSA) is 52.1 Å². The van der Waals surface area contributed by atoms with Gasteiger partial charge in [0.25, 0.3) is 0 Å². The lowest BCUT2D eigenvalue weighted by Crippen LogP contribution is -2.03. The molecule has 0 aliphatic heterocycles. The Morgan fingerprint density at radius 1 is 1.53 bits per heavy atom. The van der Waals surface area contributed by atoms with E-state index < -0.39 is 0 Å². The van der Waals surface area contributed by atoms with Crippen molar-refractivity contribution in [3.05, 3.63) is 16.8 Å². The number of carbonyl (C=O) groups is 1. The highest BCUT2D eigenvalue weighted by Gasteiger charge is 2.30. The standard InChI is InChI=1S/C13H14N2O2S2/c1-7-10(8-3-4-8)11-12(18-5-9(16)17-2)14-6-15-13(11)19-7/h6,8H,3-5H2,1-2H3. The van der Waals surface area contributed by atoms with Gasteiger partial charge in [0.2, 0.25) is 0 Å². The van der Waals surface area contributed by atoms with Crippen molar-refractivity contribution in [1.82, 2.24) is 9.97 Å². The smallest absolute Gasteiger partial charge is 0.316 e. The number of hydrogen-bond donors (Lipinski definition) is 0. The summed E-state index contributed by atoms with van der Waals surface area (Å²) < 4.78 is 4.68. The molecule has 1 aliphatic rings. The van der Waals surface area contributed by atoms with Crippen molar-refractivity contribution in [3.63, 3.8) is 0 Å². The van der Waals surface area contributed by atoms with Crippen LogP contribution in [0, 0.1) is 6.92 Å². The Bertz CT molecular complexity index is 635. The van der Waals surface area contributed by atoms with E-state index in [2.05, 4.69) is 21.6 Å². The fourth-order valence-electron chi connectivity index (χ4n) is 2.20. The van der Waals surface area contributed by atoms with E-state index in [1.807, 2.05) is 0 Å². The predicted molar refractivity (Wildman–Crippen MR) is 76.9 cm³/mol. The van der Waals surface area contributed by atoms with Gasteiger partial charge in [0, 0.05) is 10.3 Å². The molecule has 0 N–H and O–H groups in total. The van der Waals surface area contributed by atoms with Gasteiger partial charge in [0.1, 0.15) is 16.2 Å². The number of thiophene rings is 1. The maximum atomic E-state index is 11.3. The number of fused-ring (bicyclic) bond motifs is 1. The van der Waals surface area contributed by atoms with Crippen LogP contribution in [-0.2, 0) is 9.53 Å². The van der Waals surface area contributed by atoms with Crippen molar-refractivity contribution in [2.24, 2.45) is 0 Å². The zero-order valence-corrected chi connectivity index (χ0v) is 12.4. The van der Waals surface area contributed by atoms with Crippen LogP contribution in [0.2, 0.25) is 0 Å². The Morgan fingerprint density at radius 3 is 3.00 bits per heavy atom. The van der Waals surface area contributed by atoms with E-state index in [0.717, 1.165) is 15.2 Å². The highest BCUT2D eigenvalue weighted by molar-refractivity contribution is 8.00. The van der Waals surface area contributed by atoms with Crippen molar-refractivity contribution in [2.45, 2.75) is 30.7 Å². The van der Waals surface area contributed by atoms with E-state index in [1.165, 1.54) is 42.2 Å². The van der Waals surface area contributed by atoms with Crippen LogP contribution in [0.15, 0.2) is 11.4 Å². The molecule has 6 heteroatoms. The highest BCUT2D eigenvalue weighted by Crippen LogP contribution is 2.48. The van der Waals surface area contributed by atoms with E-state index in [4.69, 9.17) is 0 Å². The van der Waals surface area contributed by atoms with Gasteiger partial charge in [-0.05, 0) is 31.2 Å². The zero-order valence-electron chi connectivity index (χ0n) is 10.8. The van der Waals surface area contributed by atoms with E-state index in [0.29, 0.717) is 11.7 Å². The van der Waals surface area contributed by atoms with Crippen LogP contribution in [0.1, 0.15) is 29.2 Å². The Balaban J connectivity index is 2.01. The number of thioether (sulfide) groups is 1. The molecule has 0 amide bonds. The number of methoxy groups -OCH3 is 1. The van der Waals surface area contributed by atoms with Crippen LogP contribution in [0.3, 0.4) is 0 Å². The zero-order chi connectivity index (χ0) is 13.4. The van der Waals surface area contributed by atoms with Gasteiger partial charge in [-0.2, -0.15) is 0 Å². The van der Waals surface area contributed by atoms with E-state index in [9.17, 15) is 4.79 Å². The highest BCUT2D eigenvalue weighted by atomic mass is 32.2. The number of esters is 1. The number of rotatable bonds is 4. The molecule has 0 radical (unpaired) electrons. The molecular weight excluding hydrogens is 280 g/mol. The minimum absolute atomic E-state index is 0.225. The molecule has 0 unspecified atom stereocenters. The molecule has 1 saturated carbocycles. The number of hydrogen-bond acceptors (Lipinski definition) is 6. The van der Waals surface area contributed by atoms with Crippen LogP contribution < -0.4 is 0 Å². The van der Waals surface area contributed by atoms with Crippen LogP contribution >= 0.6 is 23.1 Å². The summed E-state index contributed by atoms with van der Waals surface area (Å²) >= 11 is 3.16. The lowest BCUT2D eigenvalue weighted by atomic mass is 10.1. The average Bonchev–Trinajstić information content (AvgIpc) is 3.18. The normalized spacial score (nSPS) is 14.8. The summed E-state index contributed by atoms with van der Waals surface area (Å²) in [5, 5.41) is 2.06. The maximum Gasteiger partial charge on any atom is 0.316 e. The van der Waals surface area contributed by atoms with Gasteiger partial charge in [-0.1, -0.05) is 11.8 Å². The Labute approximate surface area is 119 Å². The maximum absolute atomic E-state index is 11.3. The van der Waals surface area contributed by atoms with Gasteiger partial charge in [0.05, 0.1) is 12.9 Å². The minimum Gasteiger partial charge on any atom is -0.468 e. The monoisotopic (exact) mass is 294 g/mol. The lowest BCUT2D eigenvalue weighted by Gasteiger charge is -2.04. The summed E-state index contributed by atoms with van der Waals surface area (Å²) in [7, 11) is 1.41. The molecule has 0 spiro atoms.